The summed E-state index contributed by atoms with van der Waals surface area (Å²) in [6, 6.07) is 0. The highest BCUT2D eigenvalue weighted by molar-refractivity contribution is 5.87. The normalized spacial score (nSPS) is 14.3. The molecule has 0 radical (unpaired) electrons. The maximum Gasteiger partial charge on any atom is 0.203 e. The summed E-state index contributed by atoms with van der Waals surface area (Å²) in [4.78, 5) is 4.25. The monoisotopic (exact) mass is 264 g/mol. The molecule has 0 unspecified atom stereocenters. The van der Waals surface area contributed by atoms with E-state index in [0.29, 0.717) is 11.8 Å². The summed E-state index contributed by atoms with van der Waals surface area (Å²) in [5.41, 5.74) is 2.36. The van der Waals surface area contributed by atoms with E-state index >= 15 is 0 Å². The maximum atomic E-state index is 4.25. The van der Waals surface area contributed by atoms with Gasteiger partial charge in [-0.15, -0.1) is 0 Å². The molecule has 1 aromatic heterocycles. The van der Waals surface area contributed by atoms with Crippen LogP contribution >= 0.6 is 0 Å². The Kier molecular flexibility index (Phi) is 5.86. The van der Waals surface area contributed by atoms with Crippen molar-refractivity contribution in [3.8, 4) is 0 Å². The van der Waals surface area contributed by atoms with Crippen molar-refractivity contribution in [2.24, 2.45) is 16.2 Å². The van der Waals surface area contributed by atoms with E-state index in [9.17, 15) is 0 Å². The van der Waals surface area contributed by atoms with Crippen molar-refractivity contribution >= 4 is 5.71 Å². The van der Waals surface area contributed by atoms with Crippen LogP contribution in [0.1, 0.15) is 46.2 Å². The van der Waals surface area contributed by atoms with Gasteiger partial charge in [0.15, 0.2) is 6.54 Å². The van der Waals surface area contributed by atoms with Gasteiger partial charge in [-0.1, -0.05) is 27.7 Å². The summed E-state index contributed by atoms with van der Waals surface area (Å²) in [5, 5.41) is 7.84. The minimum absolute atomic E-state index is 0.540. The van der Waals surface area contributed by atoms with Crippen LogP contribution in [0.25, 0.3) is 0 Å². The Hall–Kier alpha value is -1.52. The van der Waals surface area contributed by atoms with Gasteiger partial charge in [0.25, 0.3) is 0 Å². The molecule has 19 heavy (non-hydrogen) atoms. The van der Waals surface area contributed by atoms with Crippen molar-refractivity contribution < 1.29 is 4.70 Å². The molecule has 106 valence electrons. The van der Waals surface area contributed by atoms with E-state index in [1.165, 1.54) is 11.4 Å². The molecule has 0 fully saturated rings. The lowest BCUT2D eigenvalue weighted by Gasteiger charge is -1.96. The molecule has 0 spiro atoms. The first kappa shape index (κ1) is 15.5. The summed E-state index contributed by atoms with van der Waals surface area (Å²) in [6.45, 7) is 12.6. The molecule has 2 heterocycles. The van der Waals surface area contributed by atoms with Gasteiger partial charge in [-0.2, -0.15) is 4.70 Å². The predicted octanol–water partition coefficient (Wildman–Crippen LogP) is 3.13. The summed E-state index contributed by atoms with van der Waals surface area (Å²) in [7, 11) is 1.93. The first-order valence-corrected chi connectivity index (χ1v) is 6.94. The van der Waals surface area contributed by atoms with Crippen LogP contribution in [-0.4, -0.2) is 33.6 Å². The zero-order valence-corrected chi connectivity index (χ0v) is 13.0. The topological polar surface area (TPSA) is 45.5 Å². The van der Waals surface area contributed by atoms with Crippen LogP contribution in [0, 0.1) is 5.92 Å². The highest BCUT2D eigenvalue weighted by Gasteiger charge is 2.19. The molecule has 5 nitrogen and oxygen atoms in total. The average molecular weight is 264 g/mol. The van der Waals surface area contributed by atoms with E-state index in [4.69, 9.17) is 0 Å². The SMILES string of the molecule is CC(C)C1=NN=[N+](C)C1.CCn1cnc(C(C)C)c1. The number of imidazole rings is 1. The Labute approximate surface area is 116 Å². The molecule has 1 aliphatic heterocycles. The van der Waals surface area contributed by atoms with Crippen LogP contribution in [0.2, 0.25) is 0 Å². The fraction of sp³-hybridized carbons (Fsp3) is 0.714. The van der Waals surface area contributed by atoms with Crippen LogP contribution in [-0.2, 0) is 6.54 Å². The van der Waals surface area contributed by atoms with Crippen LogP contribution < -0.4 is 0 Å². The van der Waals surface area contributed by atoms with Crippen LogP contribution in [0.15, 0.2) is 22.8 Å². The van der Waals surface area contributed by atoms with Gasteiger partial charge in [0, 0.05) is 18.7 Å². The lowest BCUT2D eigenvalue weighted by molar-refractivity contribution is -0.547. The fourth-order valence-corrected chi connectivity index (χ4v) is 1.58. The molecule has 1 aliphatic rings. The standard InChI is InChI=1S/C8H14N2.C6H12N3/c1-4-10-5-8(7(2)3)9-6-10;1-5(2)6-4-9(3)8-7-6/h5-7H,4H2,1-3H3;5H,4H2,1-3H3/q;+1. The van der Waals surface area contributed by atoms with Crippen molar-refractivity contribution in [3.05, 3.63) is 18.2 Å². The molecular formula is C14H26N5+. The molecule has 0 saturated carbocycles. The number of aryl methyl sites for hydroxylation is 1. The van der Waals surface area contributed by atoms with Gasteiger partial charge in [-0.25, -0.2) is 4.98 Å². The molecule has 0 amide bonds. The van der Waals surface area contributed by atoms with Gasteiger partial charge < -0.3 is 4.57 Å². The quantitative estimate of drug-likeness (QED) is 0.774. The minimum Gasteiger partial charge on any atom is -0.337 e. The zero-order valence-electron chi connectivity index (χ0n) is 13.0. The maximum absolute atomic E-state index is 4.25. The third kappa shape index (κ3) is 4.93. The van der Waals surface area contributed by atoms with Gasteiger partial charge in [-0.05, 0) is 12.8 Å². The third-order valence-corrected chi connectivity index (χ3v) is 2.99. The van der Waals surface area contributed by atoms with E-state index in [1.54, 1.807) is 0 Å². The molecule has 1 aromatic rings. The Morgan fingerprint density at radius 2 is 1.95 bits per heavy atom. The number of hydrogen-bond acceptors (Lipinski definition) is 3. The van der Waals surface area contributed by atoms with Crippen LogP contribution in [0.5, 0.6) is 0 Å². The van der Waals surface area contributed by atoms with Crippen LogP contribution in [0.3, 0.4) is 0 Å². The van der Waals surface area contributed by atoms with Gasteiger partial charge >= 0.3 is 0 Å². The third-order valence-electron chi connectivity index (χ3n) is 2.99. The molecule has 0 saturated heterocycles. The second-order valence-corrected chi connectivity index (χ2v) is 5.43. The Bertz CT molecular complexity index is 454. The van der Waals surface area contributed by atoms with Crippen LogP contribution in [0.4, 0.5) is 0 Å². The Balaban J connectivity index is 0.000000191. The van der Waals surface area contributed by atoms with Gasteiger partial charge in [0.05, 0.1) is 24.2 Å². The van der Waals surface area contributed by atoms with E-state index in [0.717, 1.165) is 13.1 Å². The van der Waals surface area contributed by atoms with E-state index < -0.39 is 0 Å². The summed E-state index contributed by atoms with van der Waals surface area (Å²) >= 11 is 0. The lowest BCUT2D eigenvalue weighted by Crippen LogP contribution is -2.15. The lowest BCUT2D eigenvalue weighted by atomic mass is 10.1. The number of aromatic nitrogens is 2. The molecule has 0 N–H and O–H groups in total. The Morgan fingerprint density at radius 1 is 1.26 bits per heavy atom. The fourth-order valence-electron chi connectivity index (χ4n) is 1.58. The van der Waals surface area contributed by atoms with Crippen molar-refractivity contribution in [1.82, 2.24) is 9.55 Å². The molecule has 0 aromatic carbocycles. The van der Waals surface area contributed by atoms with Crippen molar-refractivity contribution in [2.45, 2.75) is 47.1 Å². The average Bonchev–Trinajstić information content (AvgIpc) is 2.97. The molecule has 2 rings (SSSR count). The Morgan fingerprint density at radius 3 is 2.21 bits per heavy atom. The second-order valence-electron chi connectivity index (χ2n) is 5.43. The second kappa shape index (κ2) is 7.16. The molecule has 5 heteroatoms. The predicted molar refractivity (Wildman–Crippen MR) is 77.7 cm³/mol. The van der Waals surface area contributed by atoms with Crippen molar-refractivity contribution in [2.75, 3.05) is 13.6 Å². The highest BCUT2D eigenvalue weighted by atomic mass is 15.5. The first-order chi connectivity index (χ1) is 8.93. The van der Waals surface area contributed by atoms with Crippen molar-refractivity contribution in [1.29, 1.82) is 0 Å². The summed E-state index contributed by atoms with van der Waals surface area (Å²) < 4.78 is 3.94. The molecule has 0 bridgehead atoms. The van der Waals surface area contributed by atoms with Gasteiger partial charge in [0.1, 0.15) is 5.22 Å². The molecule has 0 atom stereocenters. The van der Waals surface area contributed by atoms with Crippen molar-refractivity contribution in [3.63, 3.8) is 0 Å². The summed E-state index contributed by atoms with van der Waals surface area (Å²) in [6.07, 6.45) is 3.99. The number of hydrogen-bond donors (Lipinski definition) is 0. The van der Waals surface area contributed by atoms with Gasteiger partial charge in [0.2, 0.25) is 5.71 Å². The van der Waals surface area contributed by atoms with E-state index in [1.807, 2.05) is 18.1 Å². The zero-order chi connectivity index (χ0) is 14.4. The summed E-state index contributed by atoms with van der Waals surface area (Å²) in [5.74, 6) is 1.09. The number of rotatable bonds is 3. The van der Waals surface area contributed by atoms with E-state index in [2.05, 4.69) is 60.7 Å². The molecular weight excluding hydrogens is 238 g/mol. The first-order valence-electron chi connectivity index (χ1n) is 6.94. The largest absolute Gasteiger partial charge is 0.337 e. The number of nitrogens with zero attached hydrogens (tertiary/aromatic N) is 5. The highest BCUT2D eigenvalue weighted by Crippen LogP contribution is 2.09. The minimum atomic E-state index is 0.540. The smallest absolute Gasteiger partial charge is 0.203 e. The van der Waals surface area contributed by atoms with E-state index in [-0.39, 0.29) is 0 Å². The molecule has 0 aliphatic carbocycles. The van der Waals surface area contributed by atoms with Gasteiger partial charge in [-0.3, -0.25) is 0 Å².